The molecule has 10 heteroatoms. The number of aromatic nitrogens is 2. The topological polar surface area (TPSA) is 112 Å². The number of carboxylic acid groups (broad SMARTS) is 1. The Morgan fingerprint density at radius 1 is 1.22 bits per heavy atom. The summed E-state index contributed by atoms with van der Waals surface area (Å²) < 4.78 is 27.3. The van der Waals surface area contributed by atoms with Crippen LogP contribution < -0.4 is 5.32 Å². The highest BCUT2D eigenvalue weighted by atomic mass is 79.9. The number of carbonyl (C=O) groups excluding carboxylic acids is 1. The number of aliphatic carboxylic acids is 1. The smallest absolute Gasteiger partial charge is 0.322 e. The average Bonchev–Trinajstić information content (AvgIpc) is 2.60. The highest BCUT2D eigenvalue weighted by molar-refractivity contribution is 9.10. The molecular formula is C17H10BrF2N3O4. The Bertz CT molecular complexity index is 1090. The molecule has 1 aromatic heterocycles. The van der Waals surface area contributed by atoms with Crippen LogP contribution in [0.15, 0.2) is 34.9 Å². The van der Waals surface area contributed by atoms with Gasteiger partial charge in [0.25, 0.3) is 5.91 Å². The minimum atomic E-state index is -1.28. The van der Waals surface area contributed by atoms with Gasteiger partial charge in [0.05, 0.1) is 21.9 Å². The van der Waals surface area contributed by atoms with E-state index in [4.69, 9.17) is 5.11 Å². The molecule has 0 radical (unpaired) electrons. The van der Waals surface area contributed by atoms with E-state index in [-0.39, 0.29) is 32.3 Å². The van der Waals surface area contributed by atoms with Crippen LogP contribution in [0, 0.1) is 11.6 Å². The SMILES string of the molecule is O=C(O)CNC(=O)c1c(O)c(Br)cc2ncc(-c3ccc(F)cc3F)nc12. The standard InChI is InChI=1S/C17H10BrF2N3O4/c18-9-4-11-15(14(16(9)26)17(27)22-6-13(24)25)23-12(5-21-11)8-2-1-7(19)3-10(8)20/h1-5,26H,6H2,(H,22,27)(H,24,25). The Morgan fingerprint density at radius 2 is 1.96 bits per heavy atom. The second-order valence-electron chi connectivity index (χ2n) is 5.41. The fraction of sp³-hybridized carbons (Fsp3) is 0.0588. The van der Waals surface area contributed by atoms with Gasteiger partial charge in [-0.25, -0.2) is 13.8 Å². The fourth-order valence-electron chi connectivity index (χ4n) is 2.39. The number of carbonyl (C=O) groups is 2. The summed E-state index contributed by atoms with van der Waals surface area (Å²) in [4.78, 5) is 31.3. The molecule has 0 aliphatic rings. The van der Waals surface area contributed by atoms with Crippen LogP contribution >= 0.6 is 15.9 Å². The van der Waals surface area contributed by atoms with Gasteiger partial charge in [-0.05, 0) is 34.1 Å². The van der Waals surface area contributed by atoms with E-state index in [9.17, 15) is 23.5 Å². The number of aromatic hydroxyl groups is 1. The van der Waals surface area contributed by atoms with Gasteiger partial charge in [-0.2, -0.15) is 0 Å². The number of nitrogens with zero attached hydrogens (tertiary/aromatic N) is 2. The number of fused-ring (bicyclic) bond motifs is 1. The molecular weight excluding hydrogens is 428 g/mol. The molecule has 7 nitrogen and oxygen atoms in total. The van der Waals surface area contributed by atoms with Gasteiger partial charge < -0.3 is 15.5 Å². The molecule has 2 aromatic carbocycles. The molecule has 1 amide bonds. The fourth-order valence-corrected chi connectivity index (χ4v) is 2.81. The predicted octanol–water partition coefficient (Wildman–Crippen LogP) is 2.86. The lowest BCUT2D eigenvalue weighted by Gasteiger charge is -2.11. The third kappa shape index (κ3) is 3.70. The number of nitrogens with one attached hydrogen (secondary N) is 1. The first-order valence-electron chi connectivity index (χ1n) is 7.41. The van der Waals surface area contributed by atoms with Gasteiger partial charge in [0.2, 0.25) is 0 Å². The summed E-state index contributed by atoms with van der Waals surface area (Å²) in [6.07, 6.45) is 1.24. The lowest BCUT2D eigenvalue weighted by Crippen LogP contribution is -2.29. The van der Waals surface area contributed by atoms with Crippen molar-refractivity contribution in [1.82, 2.24) is 15.3 Å². The van der Waals surface area contributed by atoms with Crippen LogP contribution in [-0.2, 0) is 4.79 Å². The van der Waals surface area contributed by atoms with Crippen LogP contribution in [0.5, 0.6) is 5.75 Å². The lowest BCUT2D eigenvalue weighted by atomic mass is 10.1. The van der Waals surface area contributed by atoms with Crippen LogP contribution in [0.2, 0.25) is 0 Å². The lowest BCUT2D eigenvalue weighted by molar-refractivity contribution is -0.135. The minimum Gasteiger partial charge on any atom is -0.506 e. The number of carboxylic acids is 1. The first-order valence-corrected chi connectivity index (χ1v) is 8.21. The van der Waals surface area contributed by atoms with Crippen LogP contribution in [-0.4, -0.2) is 38.6 Å². The van der Waals surface area contributed by atoms with E-state index >= 15 is 0 Å². The summed E-state index contributed by atoms with van der Waals surface area (Å²) in [7, 11) is 0. The molecule has 0 saturated heterocycles. The van der Waals surface area contributed by atoms with Crippen LogP contribution in [0.1, 0.15) is 10.4 Å². The Balaban J connectivity index is 2.19. The quantitative estimate of drug-likeness (QED) is 0.578. The number of hydrogen-bond acceptors (Lipinski definition) is 5. The van der Waals surface area contributed by atoms with Gasteiger partial charge in [0, 0.05) is 11.6 Å². The van der Waals surface area contributed by atoms with E-state index in [1.165, 1.54) is 18.3 Å². The van der Waals surface area contributed by atoms with Crippen molar-refractivity contribution >= 4 is 38.8 Å². The van der Waals surface area contributed by atoms with Crippen LogP contribution in [0.25, 0.3) is 22.3 Å². The van der Waals surface area contributed by atoms with Crippen molar-refractivity contribution in [3.8, 4) is 17.0 Å². The molecule has 0 atom stereocenters. The highest BCUT2D eigenvalue weighted by Gasteiger charge is 2.22. The molecule has 0 unspecified atom stereocenters. The predicted molar refractivity (Wildman–Crippen MR) is 94.2 cm³/mol. The Kier molecular flexibility index (Phi) is 5.00. The van der Waals surface area contributed by atoms with E-state index in [0.29, 0.717) is 6.07 Å². The van der Waals surface area contributed by atoms with Crippen molar-refractivity contribution in [2.75, 3.05) is 6.54 Å². The third-order valence-corrected chi connectivity index (χ3v) is 4.20. The maximum Gasteiger partial charge on any atom is 0.322 e. The maximum absolute atomic E-state index is 14.0. The van der Waals surface area contributed by atoms with Gasteiger partial charge in [-0.3, -0.25) is 14.6 Å². The van der Waals surface area contributed by atoms with Crippen molar-refractivity contribution in [2.24, 2.45) is 0 Å². The summed E-state index contributed by atoms with van der Waals surface area (Å²) in [6.45, 7) is -0.675. The molecule has 0 bridgehead atoms. The van der Waals surface area contributed by atoms with Gasteiger partial charge in [0.1, 0.15) is 35.0 Å². The van der Waals surface area contributed by atoms with E-state index in [2.05, 4.69) is 31.2 Å². The molecule has 27 heavy (non-hydrogen) atoms. The van der Waals surface area contributed by atoms with Crippen LogP contribution in [0.4, 0.5) is 8.78 Å². The first-order chi connectivity index (χ1) is 12.8. The summed E-state index contributed by atoms with van der Waals surface area (Å²) in [5.74, 6) is -4.28. The molecule has 0 saturated carbocycles. The number of rotatable bonds is 4. The van der Waals surface area contributed by atoms with Gasteiger partial charge in [-0.15, -0.1) is 0 Å². The summed E-state index contributed by atoms with van der Waals surface area (Å²) in [5.41, 5.74) is -0.233. The average molecular weight is 438 g/mol. The second-order valence-corrected chi connectivity index (χ2v) is 6.26. The third-order valence-electron chi connectivity index (χ3n) is 3.60. The molecule has 0 aliphatic heterocycles. The Hall–Kier alpha value is -3.14. The number of hydrogen-bond donors (Lipinski definition) is 3. The van der Waals surface area contributed by atoms with E-state index in [0.717, 1.165) is 6.07 Å². The molecule has 3 N–H and O–H groups in total. The minimum absolute atomic E-state index is 0.00834. The van der Waals surface area contributed by atoms with Crippen molar-refractivity contribution < 1.29 is 28.6 Å². The van der Waals surface area contributed by atoms with Gasteiger partial charge in [0.15, 0.2) is 0 Å². The number of benzene rings is 2. The molecule has 0 aliphatic carbocycles. The maximum atomic E-state index is 14.0. The molecule has 3 aromatic rings. The summed E-state index contributed by atoms with van der Waals surface area (Å²) in [6, 6.07) is 4.30. The summed E-state index contributed by atoms with van der Waals surface area (Å²) in [5, 5.41) is 21.1. The van der Waals surface area contributed by atoms with E-state index in [1.807, 2.05) is 0 Å². The van der Waals surface area contributed by atoms with Gasteiger partial charge in [-0.1, -0.05) is 0 Å². The van der Waals surface area contributed by atoms with Crippen molar-refractivity contribution in [1.29, 1.82) is 0 Å². The largest absolute Gasteiger partial charge is 0.506 e. The number of phenolic OH excluding ortho intramolecular Hbond substituents is 1. The van der Waals surface area contributed by atoms with E-state index in [1.54, 1.807) is 0 Å². The van der Waals surface area contributed by atoms with Crippen molar-refractivity contribution in [3.63, 3.8) is 0 Å². The molecule has 138 valence electrons. The monoisotopic (exact) mass is 437 g/mol. The second kappa shape index (κ2) is 7.23. The van der Waals surface area contributed by atoms with Crippen molar-refractivity contribution in [3.05, 3.63) is 52.1 Å². The first kappa shape index (κ1) is 18.6. The number of phenols is 1. The summed E-state index contributed by atoms with van der Waals surface area (Å²) >= 11 is 3.08. The van der Waals surface area contributed by atoms with Gasteiger partial charge >= 0.3 is 5.97 Å². The van der Waals surface area contributed by atoms with Crippen LogP contribution in [0.3, 0.4) is 0 Å². The highest BCUT2D eigenvalue weighted by Crippen LogP contribution is 2.34. The zero-order valence-corrected chi connectivity index (χ0v) is 14.9. The zero-order chi connectivity index (χ0) is 19.7. The number of halogens is 3. The number of amides is 1. The molecule has 1 heterocycles. The van der Waals surface area contributed by atoms with E-state index < -0.39 is 35.8 Å². The zero-order valence-electron chi connectivity index (χ0n) is 13.3. The van der Waals surface area contributed by atoms with Crippen molar-refractivity contribution in [2.45, 2.75) is 0 Å². The Labute approximate surface area is 158 Å². The molecule has 0 fully saturated rings. The molecule has 3 rings (SSSR count). The normalized spacial score (nSPS) is 10.8. The molecule has 0 spiro atoms. The Morgan fingerprint density at radius 3 is 2.63 bits per heavy atom.